The molecule has 12 heavy (non-hydrogen) atoms. The average Bonchev–Trinajstić information content (AvgIpc) is 2.87. The predicted molar refractivity (Wildman–Crippen MR) is 48.6 cm³/mol. The highest BCUT2D eigenvalue weighted by Crippen LogP contribution is 2.38. The first-order chi connectivity index (χ1) is 5.77. The summed E-state index contributed by atoms with van der Waals surface area (Å²) in [7, 11) is 0. The number of nitrogens with two attached hydrogens (primary N) is 1. The summed E-state index contributed by atoms with van der Waals surface area (Å²) in [4.78, 5) is 4.31. The maximum Gasteiger partial charge on any atom is 0.0574 e. The molecule has 0 bridgehead atoms. The zero-order valence-electron chi connectivity index (χ0n) is 7.33. The number of pyridine rings is 1. The summed E-state index contributed by atoms with van der Waals surface area (Å²) in [5.41, 5.74) is 8.23. The minimum atomic E-state index is 0.172. The Labute approximate surface area is 72.8 Å². The van der Waals surface area contributed by atoms with Gasteiger partial charge in [0.1, 0.15) is 0 Å². The Morgan fingerprint density at radius 1 is 1.50 bits per heavy atom. The fourth-order valence-electron chi connectivity index (χ4n) is 1.37. The molecule has 0 aliphatic heterocycles. The summed E-state index contributed by atoms with van der Waals surface area (Å²) in [6, 6.07) is 4.29. The molecule has 1 aromatic heterocycles. The van der Waals surface area contributed by atoms with E-state index in [2.05, 4.69) is 11.1 Å². The molecule has 1 atom stereocenters. The summed E-state index contributed by atoms with van der Waals surface area (Å²) >= 11 is 0. The van der Waals surface area contributed by atoms with Gasteiger partial charge in [-0.05, 0) is 37.3 Å². The van der Waals surface area contributed by atoms with Gasteiger partial charge in [0, 0.05) is 12.2 Å². The molecule has 2 rings (SSSR count). The van der Waals surface area contributed by atoms with Crippen molar-refractivity contribution < 1.29 is 0 Å². The molecule has 1 aliphatic carbocycles. The van der Waals surface area contributed by atoms with Crippen LogP contribution in [-0.4, -0.2) is 4.98 Å². The van der Waals surface area contributed by atoms with Crippen LogP contribution in [-0.2, 0) is 0 Å². The van der Waals surface area contributed by atoms with Crippen molar-refractivity contribution in [3.8, 4) is 0 Å². The first kappa shape index (κ1) is 7.74. The predicted octanol–water partition coefficient (Wildman–Crippen LogP) is 1.80. The molecule has 1 aliphatic rings. The Morgan fingerprint density at radius 3 is 2.75 bits per heavy atom. The normalized spacial score (nSPS) is 19.2. The third kappa shape index (κ3) is 1.48. The van der Waals surface area contributed by atoms with E-state index in [0.29, 0.717) is 5.92 Å². The van der Waals surface area contributed by atoms with Gasteiger partial charge in [-0.15, -0.1) is 0 Å². The van der Waals surface area contributed by atoms with E-state index in [-0.39, 0.29) is 6.04 Å². The number of rotatable bonds is 2. The summed E-state index contributed by atoms with van der Waals surface area (Å²) in [6.07, 6.45) is 4.44. The van der Waals surface area contributed by atoms with Crippen LogP contribution >= 0.6 is 0 Å². The van der Waals surface area contributed by atoms with E-state index < -0.39 is 0 Å². The molecule has 0 amide bonds. The van der Waals surface area contributed by atoms with Gasteiger partial charge in [0.2, 0.25) is 0 Å². The molecule has 1 aromatic rings. The minimum absolute atomic E-state index is 0.172. The molecule has 1 saturated carbocycles. The van der Waals surface area contributed by atoms with Gasteiger partial charge < -0.3 is 5.73 Å². The van der Waals surface area contributed by atoms with Crippen LogP contribution in [0.2, 0.25) is 0 Å². The third-order valence-corrected chi connectivity index (χ3v) is 2.41. The molecule has 0 spiro atoms. The number of nitrogens with zero attached hydrogens (tertiary/aromatic N) is 1. The third-order valence-electron chi connectivity index (χ3n) is 2.41. The van der Waals surface area contributed by atoms with Crippen LogP contribution in [0.4, 0.5) is 0 Å². The second-order valence-electron chi connectivity index (χ2n) is 3.62. The van der Waals surface area contributed by atoms with E-state index in [4.69, 9.17) is 5.73 Å². The number of aryl methyl sites for hydroxylation is 1. The summed E-state index contributed by atoms with van der Waals surface area (Å²) < 4.78 is 0. The lowest BCUT2D eigenvalue weighted by molar-refractivity contribution is 0.614. The Morgan fingerprint density at radius 2 is 2.25 bits per heavy atom. The summed E-state index contributed by atoms with van der Waals surface area (Å²) in [5, 5.41) is 0. The fourth-order valence-corrected chi connectivity index (χ4v) is 1.37. The molecule has 64 valence electrons. The van der Waals surface area contributed by atoms with Crippen molar-refractivity contribution in [1.29, 1.82) is 0 Å². The molecule has 0 unspecified atom stereocenters. The second-order valence-corrected chi connectivity index (χ2v) is 3.62. The van der Waals surface area contributed by atoms with Crippen LogP contribution in [0.3, 0.4) is 0 Å². The van der Waals surface area contributed by atoms with Crippen molar-refractivity contribution in [3.05, 3.63) is 29.6 Å². The lowest BCUT2D eigenvalue weighted by Gasteiger charge is -2.08. The van der Waals surface area contributed by atoms with Crippen molar-refractivity contribution >= 4 is 0 Å². The largest absolute Gasteiger partial charge is 0.322 e. The van der Waals surface area contributed by atoms with E-state index in [0.717, 1.165) is 5.69 Å². The topological polar surface area (TPSA) is 38.9 Å². The fraction of sp³-hybridized carbons (Fsp3) is 0.500. The standard InChI is InChI=1S/C10H14N2/c1-7-2-5-9(12-6-7)10(11)8-3-4-8/h2,5-6,8,10H,3-4,11H2,1H3/t10-/m0/s1. The zero-order chi connectivity index (χ0) is 8.55. The lowest BCUT2D eigenvalue weighted by Crippen LogP contribution is -2.13. The van der Waals surface area contributed by atoms with Gasteiger partial charge in [0.25, 0.3) is 0 Å². The molecule has 2 N–H and O–H groups in total. The zero-order valence-corrected chi connectivity index (χ0v) is 7.33. The average molecular weight is 162 g/mol. The molecule has 2 nitrogen and oxygen atoms in total. The molecular formula is C10H14N2. The van der Waals surface area contributed by atoms with Crippen LogP contribution < -0.4 is 5.73 Å². The van der Waals surface area contributed by atoms with Crippen molar-refractivity contribution in [2.24, 2.45) is 11.7 Å². The Bertz CT molecular complexity index is 262. The number of hydrogen-bond donors (Lipinski definition) is 1. The van der Waals surface area contributed by atoms with Gasteiger partial charge in [-0.1, -0.05) is 6.07 Å². The molecule has 1 fully saturated rings. The monoisotopic (exact) mass is 162 g/mol. The number of aromatic nitrogens is 1. The van der Waals surface area contributed by atoms with Gasteiger partial charge in [-0.2, -0.15) is 0 Å². The smallest absolute Gasteiger partial charge is 0.0574 e. The quantitative estimate of drug-likeness (QED) is 0.720. The summed E-state index contributed by atoms with van der Waals surface area (Å²) in [5.74, 6) is 0.695. The van der Waals surface area contributed by atoms with Crippen LogP contribution in [0, 0.1) is 12.8 Å². The first-order valence-electron chi connectivity index (χ1n) is 4.45. The van der Waals surface area contributed by atoms with Gasteiger partial charge in [-0.25, -0.2) is 0 Å². The van der Waals surface area contributed by atoms with Crippen molar-refractivity contribution in [2.75, 3.05) is 0 Å². The van der Waals surface area contributed by atoms with Gasteiger partial charge in [-0.3, -0.25) is 4.98 Å². The van der Waals surface area contributed by atoms with Gasteiger partial charge in [0.15, 0.2) is 0 Å². The van der Waals surface area contributed by atoms with E-state index >= 15 is 0 Å². The van der Waals surface area contributed by atoms with Crippen LogP contribution in [0.5, 0.6) is 0 Å². The molecule has 0 radical (unpaired) electrons. The van der Waals surface area contributed by atoms with E-state index in [1.165, 1.54) is 18.4 Å². The molecule has 0 saturated heterocycles. The van der Waals surface area contributed by atoms with Crippen molar-refractivity contribution in [3.63, 3.8) is 0 Å². The summed E-state index contributed by atoms with van der Waals surface area (Å²) in [6.45, 7) is 2.04. The molecule has 1 heterocycles. The SMILES string of the molecule is Cc1ccc([C@@H](N)C2CC2)nc1. The van der Waals surface area contributed by atoms with Crippen LogP contribution in [0.1, 0.15) is 30.1 Å². The Balaban J connectivity index is 2.16. The molecular weight excluding hydrogens is 148 g/mol. The Hall–Kier alpha value is -0.890. The minimum Gasteiger partial charge on any atom is -0.322 e. The molecule has 0 aromatic carbocycles. The first-order valence-corrected chi connectivity index (χ1v) is 4.45. The maximum atomic E-state index is 5.99. The Kier molecular flexibility index (Phi) is 1.85. The lowest BCUT2D eigenvalue weighted by atomic mass is 10.1. The maximum absolute atomic E-state index is 5.99. The van der Waals surface area contributed by atoms with Crippen LogP contribution in [0.15, 0.2) is 18.3 Å². The van der Waals surface area contributed by atoms with Crippen molar-refractivity contribution in [2.45, 2.75) is 25.8 Å². The highest BCUT2D eigenvalue weighted by atomic mass is 14.8. The van der Waals surface area contributed by atoms with Crippen molar-refractivity contribution in [1.82, 2.24) is 4.98 Å². The highest BCUT2D eigenvalue weighted by molar-refractivity contribution is 5.16. The highest BCUT2D eigenvalue weighted by Gasteiger charge is 2.29. The van der Waals surface area contributed by atoms with E-state index in [1.54, 1.807) is 0 Å². The second kappa shape index (κ2) is 2.87. The van der Waals surface area contributed by atoms with Gasteiger partial charge in [0.05, 0.1) is 5.69 Å². The molecule has 2 heteroatoms. The van der Waals surface area contributed by atoms with E-state index in [1.807, 2.05) is 19.2 Å². The van der Waals surface area contributed by atoms with Crippen LogP contribution in [0.25, 0.3) is 0 Å². The number of hydrogen-bond acceptors (Lipinski definition) is 2. The van der Waals surface area contributed by atoms with E-state index in [9.17, 15) is 0 Å². The van der Waals surface area contributed by atoms with Gasteiger partial charge >= 0.3 is 0 Å².